The Bertz CT molecular complexity index is 499. The molecule has 0 unspecified atom stereocenters. The summed E-state index contributed by atoms with van der Waals surface area (Å²) in [4.78, 5) is 1.79. The zero-order valence-corrected chi connectivity index (χ0v) is 9.92. The average molecular weight is 252 g/mol. The van der Waals surface area contributed by atoms with Crippen LogP contribution in [-0.2, 0) is 0 Å². The number of nitrogen functional groups attached to an aromatic ring is 1. The van der Waals surface area contributed by atoms with Crippen LogP contribution < -0.4 is 5.73 Å². The molecule has 0 atom stereocenters. The number of phenols is 1. The first-order valence-electron chi connectivity index (χ1n) is 4.67. The lowest BCUT2D eigenvalue weighted by atomic mass is 10.3. The van der Waals surface area contributed by atoms with Crippen LogP contribution in [0.25, 0.3) is 0 Å². The van der Waals surface area contributed by atoms with Crippen molar-refractivity contribution in [2.45, 2.75) is 9.79 Å². The normalized spacial score (nSPS) is 10.3. The van der Waals surface area contributed by atoms with Crippen molar-refractivity contribution >= 4 is 29.1 Å². The Hall–Kier alpha value is -1.32. The predicted octanol–water partition coefficient (Wildman–Crippen LogP) is 3.78. The summed E-state index contributed by atoms with van der Waals surface area (Å²) in [6.07, 6.45) is 0. The Morgan fingerprint density at radius 1 is 1.06 bits per heavy atom. The van der Waals surface area contributed by atoms with Crippen LogP contribution in [-0.4, -0.2) is 5.11 Å². The number of phenolic OH excluding ortho intramolecular Hbond substituents is 1. The van der Waals surface area contributed by atoms with Gasteiger partial charge < -0.3 is 10.8 Å². The van der Waals surface area contributed by atoms with Crippen LogP contribution in [0, 0.1) is 0 Å². The third-order valence-electron chi connectivity index (χ3n) is 2.02. The number of rotatable bonds is 2. The van der Waals surface area contributed by atoms with Crippen molar-refractivity contribution in [3.05, 3.63) is 47.5 Å². The Balaban J connectivity index is 2.23. The van der Waals surface area contributed by atoms with Crippen molar-refractivity contribution in [2.24, 2.45) is 0 Å². The first-order valence-corrected chi connectivity index (χ1v) is 5.86. The van der Waals surface area contributed by atoms with Gasteiger partial charge in [0.2, 0.25) is 0 Å². The zero-order chi connectivity index (χ0) is 11.5. The summed E-state index contributed by atoms with van der Waals surface area (Å²) in [5, 5.41) is 10.4. The molecule has 0 radical (unpaired) electrons. The van der Waals surface area contributed by atoms with Crippen molar-refractivity contribution in [1.82, 2.24) is 0 Å². The lowest BCUT2D eigenvalue weighted by Crippen LogP contribution is -1.84. The van der Waals surface area contributed by atoms with E-state index in [1.807, 2.05) is 24.3 Å². The monoisotopic (exact) mass is 251 g/mol. The van der Waals surface area contributed by atoms with Crippen LogP contribution in [0.4, 0.5) is 5.69 Å². The second kappa shape index (κ2) is 4.68. The quantitative estimate of drug-likeness (QED) is 0.799. The SMILES string of the molecule is Nc1ccc(Sc2ccc(Cl)cc2)c(O)c1. The summed E-state index contributed by atoms with van der Waals surface area (Å²) < 4.78 is 0. The highest BCUT2D eigenvalue weighted by molar-refractivity contribution is 7.99. The van der Waals surface area contributed by atoms with E-state index in [4.69, 9.17) is 17.3 Å². The minimum atomic E-state index is 0.194. The highest BCUT2D eigenvalue weighted by Crippen LogP contribution is 2.35. The molecule has 82 valence electrons. The number of aromatic hydroxyl groups is 1. The molecule has 0 saturated carbocycles. The van der Waals surface area contributed by atoms with Gasteiger partial charge in [-0.05, 0) is 36.4 Å². The van der Waals surface area contributed by atoms with Crippen molar-refractivity contribution in [3.8, 4) is 5.75 Å². The van der Waals surface area contributed by atoms with E-state index in [2.05, 4.69) is 0 Å². The average Bonchev–Trinajstić information content (AvgIpc) is 2.25. The molecule has 0 aliphatic heterocycles. The van der Waals surface area contributed by atoms with Crippen LogP contribution >= 0.6 is 23.4 Å². The fourth-order valence-corrected chi connectivity index (χ4v) is 2.20. The highest BCUT2D eigenvalue weighted by Gasteiger charge is 2.03. The molecule has 2 aromatic rings. The molecule has 0 aliphatic rings. The van der Waals surface area contributed by atoms with Gasteiger partial charge in [-0.3, -0.25) is 0 Å². The summed E-state index contributed by atoms with van der Waals surface area (Å²) in [5.74, 6) is 0.194. The molecule has 0 fully saturated rings. The van der Waals surface area contributed by atoms with E-state index in [0.29, 0.717) is 10.7 Å². The molecule has 16 heavy (non-hydrogen) atoms. The van der Waals surface area contributed by atoms with Crippen molar-refractivity contribution in [1.29, 1.82) is 0 Å². The number of benzene rings is 2. The van der Waals surface area contributed by atoms with Crippen molar-refractivity contribution in [2.75, 3.05) is 5.73 Å². The molecule has 0 amide bonds. The fraction of sp³-hybridized carbons (Fsp3) is 0. The maximum Gasteiger partial charge on any atom is 0.131 e. The van der Waals surface area contributed by atoms with E-state index in [1.165, 1.54) is 17.8 Å². The minimum Gasteiger partial charge on any atom is -0.507 e. The third kappa shape index (κ3) is 2.62. The van der Waals surface area contributed by atoms with Crippen molar-refractivity contribution < 1.29 is 5.11 Å². The van der Waals surface area contributed by atoms with Gasteiger partial charge in [-0.15, -0.1) is 0 Å². The molecular formula is C12H10ClNOS. The van der Waals surface area contributed by atoms with Crippen LogP contribution in [0.3, 0.4) is 0 Å². The Kier molecular flexibility index (Phi) is 3.27. The van der Waals surface area contributed by atoms with Crippen molar-refractivity contribution in [3.63, 3.8) is 0 Å². The molecule has 3 N–H and O–H groups in total. The number of hydrogen-bond donors (Lipinski definition) is 2. The molecule has 2 nitrogen and oxygen atoms in total. The summed E-state index contributed by atoms with van der Waals surface area (Å²) >= 11 is 7.26. The van der Waals surface area contributed by atoms with Crippen LogP contribution in [0.2, 0.25) is 5.02 Å². The molecule has 2 aromatic carbocycles. The molecule has 2 rings (SSSR count). The Labute approximate surface area is 103 Å². The standard InChI is InChI=1S/C12H10ClNOS/c13-8-1-4-10(5-2-8)16-12-6-3-9(14)7-11(12)15/h1-7,15H,14H2. The molecule has 0 spiro atoms. The number of nitrogens with two attached hydrogens (primary N) is 1. The number of anilines is 1. The second-order valence-electron chi connectivity index (χ2n) is 3.28. The van der Waals surface area contributed by atoms with E-state index in [-0.39, 0.29) is 5.75 Å². The lowest BCUT2D eigenvalue weighted by molar-refractivity contribution is 0.463. The summed E-state index contributed by atoms with van der Waals surface area (Å²) in [6.45, 7) is 0. The van der Waals surface area contributed by atoms with E-state index in [9.17, 15) is 5.11 Å². The van der Waals surface area contributed by atoms with Gasteiger partial charge in [0.1, 0.15) is 5.75 Å². The maximum absolute atomic E-state index is 9.68. The zero-order valence-electron chi connectivity index (χ0n) is 8.35. The Morgan fingerprint density at radius 2 is 1.75 bits per heavy atom. The smallest absolute Gasteiger partial charge is 0.131 e. The number of hydrogen-bond acceptors (Lipinski definition) is 3. The van der Waals surface area contributed by atoms with Gasteiger partial charge in [0, 0.05) is 21.7 Å². The van der Waals surface area contributed by atoms with Crippen LogP contribution in [0.1, 0.15) is 0 Å². The molecule has 4 heteroatoms. The molecule has 0 bridgehead atoms. The van der Waals surface area contributed by atoms with Gasteiger partial charge in [-0.25, -0.2) is 0 Å². The van der Waals surface area contributed by atoms with Gasteiger partial charge in [-0.2, -0.15) is 0 Å². The lowest BCUT2D eigenvalue weighted by Gasteiger charge is -2.05. The molecule has 0 aromatic heterocycles. The van der Waals surface area contributed by atoms with Gasteiger partial charge in [-0.1, -0.05) is 23.4 Å². The predicted molar refractivity (Wildman–Crippen MR) is 68.1 cm³/mol. The summed E-state index contributed by atoms with van der Waals surface area (Å²) in [5.41, 5.74) is 6.11. The molecule has 0 saturated heterocycles. The first-order chi connectivity index (χ1) is 7.65. The largest absolute Gasteiger partial charge is 0.507 e. The van der Waals surface area contributed by atoms with Gasteiger partial charge >= 0.3 is 0 Å². The van der Waals surface area contributed by atoms with Crippen LogP contribution in [0.15, 0.2) is 52.3 Å². The Morgan fingerprint density at radius 3 is 2.38 bits per heavy atom. The van der Waals surface area contributed by atoms with E-state index in [0.717, 1.165) is 9.79 Å². The minimum absolute atomic E-state index is 0.194. The van der Waals surface area contributed by atoms with Gasteiger partial charge in [0.05, 0.1) is 4.90 Å². The molecule has 0 aliphatic carbocycles. The highest BCUT2D eigenvalue weighted by atomic mass is 35.5. The second-order valence-corrected chi connectivity index (χ2v) is 4.83. The fourth-order valence-electron chi connectivity index (χ4n) is 1.25. The summed E-state index contributed by atoms with van der Waals surface area (Å²) in [6, 6.07) is 12.5. The van der Waals surface area contributed by atoms with E-state index in [1.54, 1.807) is 12.1 Å². The van der Waals surface area contributed by atoms with E-state index < -0.39 is 0 Å². The van der Waals surface area contributed by atoms with Gasteiger partial charge in [0.25, 0.3) is 0 Å². The number of halogens is 1. The maximum atomic E-state index is 9.68. The first kappa shape index (κ1) is 11.2. The molecular weight excluding hydrogens is 242 g/mol. The van der Waals surface area contributed by atoms with Gasteiger partial charge in [0.15, 0.2) is 0 Å². The van der Waals surface area contributed by atoms with E-state index >= 15 is 0 Å². The third-order valence-corrected chi connectivity index (χ3v) is 3.35. The van der Waals surface area contributed by atoms with Crippen LogP contribution in [0.5, 0.6) is 5.75 Å². The molecule has 0 heterocycles. The summed E-state index contributed by atoms with van der Waals surface area (Å²) in [7, 11) is 0. The topological polar surface area (TPSA) is 46.2 Å².